The molecule has 0 heterocycles. The van der Waals surface area contributed by atoms with Gasteiger partial charge in [-0.15, -0.1) is 0 Å². The van der Waals surface area contributed by atoms with Crippen molar-refractivity contribution in [3.63, 3.8) is 0 Å². The molecule has 0 radical (unpaired) electrons. The molecule has 2 rings (SSSR count). The average molecular weight is 340 g/mol. The molecule has 0 unspecified atom stereocenters. The lowest BCUT2D eigenvalue weighted by molar-refractivity contribution is 0.00695. The van der Waals surface area contributed by atoms with E-state index in [1.165, 1.54) is 11.1 Å². The van der Waals surface area contributed by atoms with Gasteiger partial charge in [-0.05, 0) is 62.6 Å². The number of ether oxygens (including phenoxy) is 2. The van der Waals surface area contributed by atoms with Crippen LogP contribution < -0.4 is 4.74 Å². The summed E-state index contributed by atoms with van der Waals surface area (Å²) in [5.41, 5.74) is 2.36. The number of esters is 1. The van der Waals surface area contributed by atoms with Gasteiger partial charge in [0.25, 0.3) is 0 Å². The van der Waals surface area contributed by atoms with Crippen LogP contribution in [0.4, 0.5) is 0 Å². The SMILES string of the molecule is CC[C@@](C)(c1ccc(OC)cc1)c1ccc(C(=O)OC(C)(C)C)cc1. The second-order valence-corrected chi connectivity index (χ2v) is 7.49. The van der Waals surface area contributed by atoms with Gasteiger partial charge in [0.1, 0.15) is 11.4 Å². The molecule has 0 aliphatic heterocycles. The number of carbonyl (C=O) groups excluding carboxylic acids is 1. The summed E-state index contributed by atoms with van der Waals surface area (Å²) in [4.78, 5) is 12.2. The largest absolute Gasteiger partial charge is 0.497 e. The zero-order valence-electron chi connectivity index (χ0n) is 16.1. The Labute approximate surface area is 151 Å². The number of hydrogen-bond donors (Lipinski definition) is 0. The van der Waals surface area contributed by atoms with Crippen LogP contribution in [-0.2, 0) is 10.2 Å². The van der Waals surface area contributed by atoms with E-state index in [2.05, 4.69) is 26.0 Å². The Morgan fingerprint density at radius 3 is 1.76 bits per heavy atom. The standard InChI is InChI=1S/C22H28O3/c1-7-22(5,18-12-14-19(24-6)15-13-18)17-10-8-16(9-11-17)20(23)25-21(2,3)4/h8-15H,7H2,1-6H3/t22-/m1/s1. The molecule has 0 N–H and O–H groups in total. The van der Waals surface area contributed by atoms with E-state index in [0.29, 0.717) is 5.56 Å². The molecule has 0 fully saturated rings. The van der Waals surface area contributed by atoms with E-state index >= 15 is 0 Å². The van der Waals surface area contributed by atoms with Crippen molar-refractivity contribution in [1.82, 2.24) is 0 Å². The van der Waals surface area contributed by atoms with Gasteiger partial charge in [0.05, 0.1) is 12.7 Å². The van der Waals surface area contributed by atoms with E-state index in [9.17, 15) is 4.79 Å². The van der Waals surface area contributed by atoms with Crippen LogP contribution in [0, 0.1) is 0 Å². The van der Waals surface area contributed by atoms with Crippen molar-refractivity contribution in [2.75, 3.05) is 7.11 Å². The molecule has 2 aromatic carbocycles. The van der Waals surface area contributed by atoms with Gasteiger partial charge in [-0.2, -0.15) is 0 Å². The van der Waals surface area contributed by atoms with E-state index in [-0.39, 0.29) is 11.4 Å². The van der Waals surface area contributed by atoms with Crippen LogP contribution in [0.2, 0.25) is 0 Å². The van der Waals surface area contributed by atoms with E-state index in [1.54, 1.807) is 7.11 Å². The van der Waals surface area contributed by atoms with Gasteiger partial charge in [0.2, 0.25) is 0 Å². The lowest BCUT2D eigenvalue weighted by atomic mass is 9.74. The van der Waals surface area contributed by atoms with E-state index in [4.69, 9.17) is 9.47 Å². The molecule has 3 heteroatoms. The van der Waals surface area contributed by atoms with Crippen molar-refractivity contribution >= 4 is 5.97 Å². The third-order valence-corrected chi connectivity index (χ3v) is 4.59. The second kappa shape index (κ2) is 7.30. The van der Waals surface area contributed by atoms with Gasteiger partial charge >= 0.3 is 5.97 Å². The molecule has 0 amide bonds. The van der Waals surface area contributed by atoms with Crippen molar-refractivity contribution in [2.24, 2.45) is 0 Å². The molecule has 2 aromatic rings. The fourth-order valence-corrected chi connectivity index (χ4v) is 2.84. The van der Waals surface area contributed by atoms with E-state index in [1.807, 2.05) is 57.2 Å². The summed E-state index contributed by atoms with van der Waals surface area (Å²) in [6.45, 7) is 10.0. The molecule has 0 aliphatic carbocycles. The first-order chi connectivity index (χ1) is 11.7. The zero-order chi connectivity index (χ0) is 18.7. The Morgan fingerprint density at radius 2 is 1.36 bits per heavy atom. The van der Waals surface area contributed by atoms with Gasteiger partial charge in [0, 0.05) is 5.41 Å². The topological polar surface area (TPSA) is 35.5 Å². The number of hydrogen-bond acceptors (Lipinski definition) is 3. The highest BCUT2D eigenvalue weighted by atomic mass is 16.6. The molecule has 0 aromatic heterocycles. The Morgan fingerprint density at radius 1 is 0.880 bits per heavy atom. The summed E-state index contributed by atoms with van der Waals surface area (Å²) in [5.74, 6) is 0.559. The Balaban J connectivity index is 2.30. The lowest BCUT2D eigenvalue weighted by Crippen LogP contribution is -2.25. The van der Waals surface area contributed by atoms with Crippen LogP contribution in [0.15, 0.2) is 48.5 Å². The summed E-state index contributed by atoms with van der Waals surface area (Å²) in [6.07, 6.45) is 0.950. The summed E-state index contributed by atoms with van der Waals surface area (Å²) in [7, 11) is 1.67. The normalized spacial score (nSPS) is 13.8. The Hall–Kier alpha value is -2.29. The van der Waals surface area contributed by atoms with Gasteiger partial charge in [-0.3, -0.25) is 0 Å². The first-order valence-corrected chi connectivity index (χ1v) is 8.68. The molecule has 0 spiro atoms. The number of rotatable bonds is 5. The van der Waals surface area contributed by atoms with Gasteiger partial charge in [-0.25, -0.2) is 4.79 Å². The molecule has 1 atom stereocenters. The molecule has 134 valence electrons. The van der Waals surface area contributed by atoms with Crippen LogP contribution in [0.3, 0.4) is 0 Å². The molecule has 3 nitrogen and oxygen atoms in total. The fraction of sp³-hybridized carbons (Fsp3) is 0.409. The summed E-state index contributed by atoms with van der Waals surface area (Å²) < 4.78 is 10.7. The molecule has 0 bridgehead atoms. The second-order valence-electron chi connectivity index (χ2n) is 7.49. The van der Waals surface area contributed by atoms with E-state index < -0.39 is 5.60 Å². The highest BCUT2D eigenvalue weighted by Gasteiger charge is 2.27. The van der Waals surface area contributed by atoms with Crippen LogP contribution >= 0.6 is 0 Å². The van der Waals surface area contributed by atoms with Crippen molar-refractivity contribution < 1.29 is 14.3 Å². The summed E-state index contributed by atoms with van der Waals surface area (Å²) in [6, 6.07) is 15.9. The number of carbonyl (C=O) groups is 1. The quantitative estimate of drug-likeness (QED) is 0.687. The highest BCUT2D eigenvalue weighted by Crippen LogP contribution is 2.36. The van der Waals surface area contributed by atoms with Crippen LogP contribution in [0.25, 0.3) is 0 Å². The van der Waals surface area contributed by atoms with Gasteiger partial charge in [-0.1, -0.05) is 38.1 Å². The molecule has 0 saturated heterocycles. The minimum Gasteiger partial charge on any atom is -0.497 e. The Bertz CT molecular complexity index is 708. The van der Waals surface area contributed by atoms with Crippen LogP contribution in [-0.4, -0.2) is 18.7 Å². The minimum atomic E-state index is -0.489. The maximum absolute atomic E-state index is 12.2. The molecular formula is C22H28O3. The van der Waals surface area contributed by atoms with Crippen LogP contribution in [0.5, 0.6) is 5.75 Å². The van der Waals surface area contributed by atoms with Crippen LogP contribution in [0.1, 0.15) is 62.5 Å². The Kier molecular flexibility index (Phi) is 5.56. The summed E-state index contributed by atoms with van der Waals surface area (Å²) in [5, 5.41) is 0. The summed E-state index contributed by atoms with van der Waals surface area (Å²) >= 11 is 0. The highest BCUT2D eigenvalue weighted by molar-refractivity contribution is 5.89. The third kappa shape index (κ3) is 4.41. The number of benzene rings is 2. The maximum atomic E-state index is 12.2. The molecular weight excluding hydrogens is 312 g/mol. The van der Waals surface area contributed by atoms with Crippen molar-refractivity contribution in [3.8, 4) is 5.75 Å². The monoisotopic (exact) mass is 340 g/mol. The predicted octanol–water partition coefficient (Wildman–Crippen LogP) is 5.37. The van der Waals surface area contributed by atoms with Crippen molar-refractivity contribution in [1.29, 1.82) is 0 Å². The van der Waals surface area contributed by atoms with Gasteiger partial charge < -0.3 is 9.47 Å². The predicted molar refractivity (Wildman–Crippen MR) is 101 cm³/mol. The maximum Gasteiger partial charge on any atom is 0.338 e. The molecule has 0 aliphatic rings. The molecule has 0 saturated carbocycles. The fourth-order valence-electron chi connectivity index (χ4n) is 2.84. The van der Waals surface area contributed by atoms with Gasteiger partial charge in [0.15, 0.2) is 0 Å². The third-order valence-electron chi connectivity index (χ3n) is 4.59. The lowest BCUT2D eigenvalue weighted by Gasteiger charge is -2.30. The minimum absolute atomic E-state index is 0.126. The van der Waals surface area contributed by atoms with Crippen molar-refractivity contribution in [2.45, 2.75) is 52.1 Å². The number of methoxy groups -OCH3 is 1. The average Bonchev–Trinajstić information content (AvgIpc) is 2.60. The molecule has 25 heavy (non-hydrogen) atoms. The zero-order valence-corrected chi connectivity index (χ0v) is 16.1. The first-order valence-electron chi connectivity index (χ1n) is 8.68. The van der Waals surface area contributed by atoms with Crippen molar-refractivity contribution in [3.05, 3.63) is 65.2 Å². The van der Waals surface area contributed by atoms with E-state index in [0.717, 1.165) is 12.2 Å². The first kappa shape index (κ1) is 19.0. The smallest absolute Gasteiger partial charge is 0.338 e.